The Morgan fingerprint density at radius 1 is 1.22 bits per heavy atom. The second-order valence-electron chi connectivity index (χ2n) is 4.31. The smallest absolute Gasteiger partial charge is 0.251 e. The fraction of sp³-hybridized carbons (Fsp3) is 0.429. The fourth-order valence-electron chi connectivity index (χ4n) is 1.95. The standard InChI is InChI=1S/C14H20N2O2/c1-4-6-16-14(18)12-8-9(3)7-11(13(15)17)10(12)5-2/h7-8H,4-6H2,1-3H3,(H2,15,17)(H,16,18). The third kappa shape index (κ3) is 3.09. The highest BCUT2D eigenvalue weighted by atomic mass is 16.2. The van der Waals surface area contributed by atoms with Crippen LogP contribution < -0.4 is 11.1 Å². The molecule has 0 radical (unpaired) electrons. The Bertz CT molecular complexity index is 467. The van der Waals surface area contributed by atoms with Gasteiger partial charge >= 0.3 is 0 Å². The average molecular weight is 248 g/mol. The zero-order valence-corrected chi connectivity index (χ0v) is 11.2. The largest absolute Gasteiger partial charge is 0.366 e. The number of aryl methyl sites for hydroxylation is 1. The highest BCUT2D eigenvalue weighted by Gasteiger charge is 2.17. The molecule has 18 heavy (non-hydrogen) atoms. The van der Waals surface area contributed by atoms with Crippen molar-refractivity contribution in [3.63, 3.8) is 0 Å². The zero-order chi connectivity index (χ0) is 13.7. The third-order valence-electron chi connectivity index (χ3n) is 2.79. The van der Waals surface area contributed by atoms with Crippen LogP contribution in [-0.4, -0.2) is 18.4 Å². The van der Waals surface area contributed by atoms with Crippen molar-refractivity contribution in [1.82, 2.24) is 5.32 Å². The molecular formula is C14H20N2O2. The van der Waals surface area contributed by atoms with E-state index < -0.39 is 5.91 Å². The van der Waals surface area contributed by atoms with Crippen LogP contribution in [0.3, 0.4) is 0 Å². The van der Waals surface area contributed by atoms with E-state index in [0.717, 1.165) is 17.5 Å². The SMILES string of the molecule is CCCNC(=O)c1cc(C)cc(C(N)=O)c1CC. The molecule has 0 atom stereocenters. The van der Waals surface area contributed by atoms with Crippen LogP contribution in [0.25, 0.3) is 0 Å². The summed E-state index contributed by atoms with van der Waals surface area (Å²) in [5, 5.41) is 2.83. The maximum Gasteiger partial charge on any atom is 0.251 e. The van der Waals surface area contributed by atoms with E-state index in [-0.39, 0.29) is 5.91 Å². The summed E-state index contributed by atoms with van der Waals surface area (Å²) in [7, 11) is 0. The number of hydrogen-bond donors (Lipinski definition) is 2. The average Bonchev–Trinajstić information content (AvgIpc) is 2.34. The first-order valence-corrected chi connectivity index (χ1v) is 6.22. The maximum atomic E-state index is 12.0. The molecular weight excluding hydrogens is 228 g/mol. The second-order valence-corrected chi connectivity index (χ2v) is 4.31. The lowest BCUT2D eigenvalue weighted by Crippen LogP contribution is -2.26. The highest BCUT2D eigenvalue weighted by Crippen LogP contribution is 2.18. The number of primary amides is 1. The van der Waals surface area contributed by atoms with Gasteiger partial charge in [0.25, 0.3) is 5.91 Å². The molecule has 4 nitrogen and oxygen atoms in total. The van der Waals surface area contributed by atoms with Gasteiger partial charge in [0.2, 0.25) is 5.91 Å². The maximum absolute atomic E-state index is 12.0. The van der Waals surface area contributed by atoms with Gasteiger partial charge in [-0.3, -0.25) is 9.59 Å². The van der Waals surface area contributed by atoms with E-state index in [2.05, 4.69) is 5.32 Å². The summed E-state index contributed by atoms with van der Waals surface area (Å²) in [4.78, 5) is 23.5. The molecule has 2 amide bonds. The van der Waals surface area contributed by atoms with Gasteiger partial charge in [0.05, 0.1) is 0 Å². The topological polar surface area (TPSA) is 72.2 Å². The van der Waals surface area contributed by atoms with Gasteiger partial charge in [-0.2, -0.15) is 0 Å². The summed E-state index contributed by atoms with van der Waals surface area (Å²) < 4.78 is 0. The van der Waals surface area contributed by atoms with E-state index in [0.29, 0.717) is 24.1 Å². The first kappa shape index (κ1) is 14.2. The van der Waals surface area contributed by atoms with Crippen molar-refractivity contribution >= 4 is 11.8 Å². The minimum atomic E-state index is -0.486. The normalized spacial score (nSPS) is 10.2. The van der Waals surface area contributed by atoms with E-state index in [1.54, 1.807) is 12.1 Å². The third-order valence-corrected chi connectivity index (χ3v) is 2.79. The van der Waals surface area contributed by atoms with Crippen molar-refractivity contribution in [1.29, 1.82) is 0 Å². The predicted molar refractivity (Wildman–Crippen MR) is 71.7 cm³/mol. The number of hydrogen-bond acceptors (Lipinski definition) is 2. The summed E-state index contributed by atoms with van der Waals surface area (Å²) in [6, 6.07) is 3.54. The van der Waals surface area contributed by atoms with Gasteiger partial charge in [0.1, 0.15) is 0 Å². The summed E-state index contributed by atoms with van der Waals surface area (Å²) >= 11 is 0. The fourth-order valence-corrected chi connectivity index (χ4v) is 1.95. The Balaban J connectivity index is 3.25. The van der Waals surface area contributed by atoms with Crippen LogP contribution >= 0.6 is 0 Å². The molecule has 0 aromatic heterocycles. The number of nitrogens with one attached hydrogen (secondary N) is 1. The number of benzene rings is 1. The van der Waals surface area contributed by atoms with Gasteiger partial charge in [-0.05, 0) is 43.0 Å². The van der Waals surface area contributed by atoms with E-state index in [1.807, 2.05) is 20.8 Å². The predicted octanol–water partition coefficient (Wildman–Crippen LogP) is 1.80. The number of amides is 2. The van der Waals surface area contributed by atoms with Gasteiger partial charge in [0.15, 0.2) is 0 Å². The van der Waals surface area contributed by atoms with Crippen molar-refractivity contribution < 1.29 is 9.59 Å². The molecule has 0 saturated carbocycles. The van der Waals surface area contributed by atoms with Crippen molar-refractivity contribution in [3.05, 3.63) is 34.4 Å². The molecule has 0 spiro atoms. The van der Waals surface area contributed by atoms with Gasteiger partial charge in [-0.1, -0.05) is 13.8 Å². The van der Waals surface area contributed by atoms with Crippen molar-refractivity contribution in [3.8, 4) is 0 Å². The van der Waals surface area contributed by atoms with Crippen molar-refractivity contribution in [2.75, 3.05) is 6.54 Å². The lowest BCUT2D eigenvalue weighted by Gasteiger charge is -2.13. The summed E-state index contributed by atoms with van der Waals surface area (Å²) in [5.41, 5.74) is 7.94. The van der Waals surface area contributed by atoms with Crippen LogP contribution in [0, 0.1) is 6.92 Å². The number of carbonyl (C=O) groups excluding carboxylic acids is 2. The minimum absolute atomic E-state index is 0.139. The van der Waals surface area contributed by atoms with Crippen LogP contribution in [-0.2, 0) is 6.42 Å². The second kappa shape index (κ2) is 6.19. The Kier molecular flexibility index (Phi) is 4.89. The van der Waals surface area contributed by atoms with Gasteiger partial charge < -0.3 is 11.1 Å². The first-order chi connectivity index (χ1) is 8.51. The molecule has 0 saturated heterocycles. The molecule has 1 rings (SSSR count). The Morgan fingerprint density at radius 2 is 1.83 bits per heavy atom. The molecule has 1 aromatic carbocycles. The number of rotatable bonds is 5. The van der Waals surface area contributed by atoms with E-state index in [9.17, 15) is 9.59 Å². The number of nitrogens with two attached hydrogens (primary N) is 1. The van der Waals surface area contributed by atoms with Gasteiger partial charge in [0, 0.05) is 17.7 Å². The summed E-state index contributed by atoms with van der Waals surface area (Å²) in [6.45, 7) is 6.38. The summed E-state index contributed by atoms with van der Waals surface area (Å²) in [6.07, 6.45) is 1.48. The highest BCUT2D eigenvalue weighted by molar-refractivity contribution is 6.01. The Morgan fingerprint density at radius 3 is 2.33 bits per heavy atom. The molecule has 0 aliphatic carbocycles. The molecule has 0 fully saturated rings. The van der Waals surface area contributed by atoms with Crippen LogP contribution in [0.15, 0.2) is 12.1 Å². The molecule has 98 valence electrons. The molecule has 4 heteroatoms. The first-order valence-electron chi connectivity index (χ1n) is 6.22. The minimum Gasteiger partial charge on any atom is -0.366 e. The number of carbonyl (C=O) groups is 2. The van der Waals surface area contributed by atoms with E-state index in [1.165, 1.54) is 0 Å². The Hall–Kier alpha value is -1.84. The molecule has 0 aliphatic rings. The van der Waals surface area contributed by atoms with E-state index >= 15 is 0 Å². The summed E-state index contributed by atoms with van der Waals surface area (Å²) in [5.74, 6) is -0.625. The molecule has 1 aromatic rings. The quantitative estimate of drug-likeness (QED) is 0.834. The monoisotopic (exact) mass is 248 g/mol. The van der Waals surface area contributed by atoms with Crippen LogP contribution in [0.5, 0.6) is 0 Å². The molecule has 0 heterocycles. The van der Waals surface area contributed by atoms with Crippen molar-refractivity contribution in [2.24, 2.45) is 5.73 Å². The Labute approximate surface area is 108 Å². The molecule has 0 bridgehead atoms. The zero-order valence-electron chi connectivity index (χ0n) is 11.2. The lowest BCUT2D eigenvalue weighted by molar-refractivity contribution is 0.0952. The van der Waals surface area contributed by atoms with Gasteiger partial charge in [-0.15, -0.1) is 0 Å². The molecule has 0 aliphatic heterocycles. The van der Waals surface area contributed by atoms with Gasteiger partial charge in [-0.25, -0.2) is 0 Å². The lowest BCUT2D eigenvalue weighted by atomic mass is 9.95. The van der Waals surface area contributed by atoms with Crippen LogP contribution in [0.2, 0.25) is 0 Å². The van der Waals surface area contributed by atoms with Crippen molar-refractivity contribution in [2.45, 2.75) is 33.6 Å². The van der Waals surface area contributed by atoms with Crippen LogP contribution in [0.1, 0.15) is 52.1 Å². The molecule has 3 N–H and O–H groups in total. The molecule has 0 unspecified atom stereocenters. The van der Waals surface area contributed by atoms with Crippen LogP contribution in [0.4, 0.5) is 0 Å². The van der Waals surface area contributed by atoms with E-state index in [4.69, 9.17) is 5.73 Å².